The highest BCUT2D eigenvalue weighted by Gasteiger charge is 2.24. The van der Waals surface area contributed by atoms with Crippen LogP contribution >= 0.6 is 0 Å². The van der Waals surface area contributed by atoms with Crippen molar-refractivity contribution in [2.24, 2.45) is 0 Å². The maximum atomic E-state index is 13.0. The van der Waals surface area contributed by atoms with Gasteiger partial charge in [0.15, 0.2) is 0 Å². The minimum absolute atomic E-state index is 0.345. The highest BCUT2D eigenvalue weighted by atomic mass is 32.2. The Labute approximate surface area is 151 Å². The summed E-state index contributed by atoms with van der Waals surface area (Å²) in [5, 5.41) is 4.41. The highest BCUT2D eigenvalue weighted by molar-refractivity contribution is 7.89. The van der Waals surface area contributed by atoms with E-state index in [1.165, 1.54) is 9.87 Å². The zero-order valence-electron chi connectivity index (χ0n) is 15.9. The van der Waals surface area contributed by atoms with Crippen molar-refractivity contribution in [2.45, 2.75) is 64.9 Å². The van der Waals surface area contributed by atoms with Crippen LogP contribution in [0.3, 0.4) is 0 Å². The lowest BCUT2D eigenvalue weighted by molar-refractivity contribution is 0.422. The van der Waals surface area contributed by atoms with Gasteiger partial charge in [-0.3, -0.25) is 4.68 Å². The quantitative estimate of drug-likeness (QED) is 0.714. The van der Waals surface area contributed by atoms with Gasteiger partial charge in [0.2, 0.25) is 10.0 Å². The first-order valence-corrected chi connectivity index (χ1v) is 10.4. The van der Waals surface area contributed by atoms with Crippen LogP contribution in [0.25, 0.3) is 0 Å². The fourth-order valence-electron chi connectivity index (χ4n) is 2.79. The molecule has 1 aromatic carbocycles. The van der Waals surface area contributed by atoms with Crippen LogP contribution in [-0.4, -0.2) is 29.0 Å². The van der Waals surface area contributed by atoms with Crippen molar-refractivity contribution in [3.05, 3.63) is 47.3 Å². The summed E-state index contributed by atoms with van der Waals surface area (Å²) in [5.74, 6) is 0.432. The molecule has 0 spiro atoms. The molecular formula is C19H29N3O2S. The van der Waals surface area contributed by atoms with Crippen molar-refractivity contribution in [3.63, 3.8) is 0 Å². The average Bonchev–Trinajstić information content (AvgIpc) is 2.98. The lowest BCUT2D eigenvalue weighted by Crippen LogP contribution is -2.30. The smallest absolute Gasteiger partial charge is 0.243 e. The molecule has 1 aromatic heterocycles. The third-order valence-corrected chi connectivity index (χ3v) is 6.71. The lowest BCUT2D eigenvalue weighted by atomic mass is 9.99. The maximum Gasteiger partial charge on any atom is 0.243 e. The second-order valence-corrected chi connectivity index (χ2v) is 8.34. The Morgan fingerprint density at radius 3 is 2.28 bits per heavy atom. The maximum absolute atomic E-state index is 13.0. The largest absolute Gasteiger partial charge is 0.272 e. The topological polar surface area (TPSA) is 55.2 Å². The second kappa shape index (κ2) is 8.15. The summed E-state index contributed by atoms with van der Waals surface area (Å²) in [7, 11) is -3.52. The van der Waals surface area contributed by atoms with Crippen molar-refractivity contribution in [1.82, 2.24) is 14.1 Å². The van der Waals surface area contributed by atoms with Gasteiger partial charge in [0.25, 0.3) is 0 Å². The van der Waals surface area contributed by atoms with Gasteiger partial charge in [0.05, 0.1) is 10.6 Å². The van der Waals surface area contributed by atoms with Gasteiger partial charge in [-0.2, -0.15) is 9.40 Å². The zero-order valence-corrected chi connectivity index (χ0v) is 16.7. The molecule has 2 aromatic rings. The highest BCUT2D eigenvalue weighted by Crippen LogP contribution is 2.23. The third-order valence-electron chi connectivity index (χ3n) is 4.77. The number of aryl methyl sites for hydroxylation is 2. The molecule has 1 atom stereocenters. The zero-order chi connectivity index (χ0) is 18.6. The van der Waals surface area contributed by atoms with E-state index in [1.807, 2.05) is 43.8 Å². The molecule has 0 aliphatic carbocycles. The minimum Gasteiger partial charge on any atom is -0.272 e. The van der Waals surface area contributed by atoms with Crippen LogP contribution in [0, 0.1) is 6.92 Å². The molecular weight excluding hydrogens is 334 g/mol. The molecule has 25 heavy (non-hydrogen) atoms. The van der Waals surface area contributed by atoms with Crippen molar-refractivity contribution in [2.75, 3.05) is 6.54 Å². The first-order chi connectivity index (χ1) is 11.8. The van der Waals surface area contributed by atoms with Gasteiger partial charge in [0.1, 0.15) is 0 Å². The van der Waals surface area contributed by atoms with Crippen molar-refractivity contribution < 1.29 is 8.42 Å². The second-order valence-electron chi connectivity index (χ2n) is 6.40. The van der Waals surface area contributed by atoms with Crippen molar-refractivity contribution in [3.8, 4) is 0 Å². The van der Waals surface area contributed by atoms with Gasteiger partial charge in [-0.15, -0.1) is 0 Å². The average molecular weight is 364 g/mol. The standard InChI is InChI=1S/C19H29N3O2S/c1-6-15(4)17-9-11-19(12-10-17)25(23,24)22(8-3)14-18-13-21(7-2)20-16(18)5/h9-13,15H,6-8,14H2,1-5H3. The number of aromatic nitrogens is 2. The van der Waals surface area contributed by atoms with Crippen molar-refractivity contribution in [1.29, 1.82) is 0 Å². The van der Waals surface area contributed by atoms with E-state index < -0.39 is 10.0 Å². The van der Waals surface area contributed by atoms with Crippen LogP contribution in [0.1, 0.15) is 56.9 Å². The van der Waals surface area contributed by atoms with Gasteiger partial charge < -0.3 is 0 Å². The van der Waals surface area contributed by atoms with Crippen LogP contribution in [0.4, 0.5) is 0 Å². The van der Waals surface area contributed by atoms with E-state index in [1.54, 1.807) is 12.1 Å². The summed E-state index contributed by atoms with van der Waals surface area (Å²) < 4.78 is 29.4. The molecule has 1 heterocycles. The molecule has 0 saturated heterocycles. The molecule has 0 N–H and O–H groups in total. The molecule has 138 valence electrons. The van der Waals surface area contributed by atoms with E-state index in [4.69, 9.17) is 0 Å². The lowest BCUT2D eigenvalue weighted by Gasteiger charge is -2.20. The number of benzene rings is 1. The molecule has 0 saturated carbocycles. The van der Waals surface area contributed by atoms with E-state index in [0.29, 0.717) is 23.9 Å². The molecule has 1 unspecified atom stereocenters. The van der Waals surface area contributed by atoms with Gasteiger partial charge in [-0.25, -0.2) is 8.42 Å². The van der Waals surface area contributed by atoms with E-state index >= 15 is 0 Å². The van der Waals surface area contributed by atoms with Crippen LogP contribution in [0.15, 0.2) is 35.4 Å². The van der Waals surface area contributed by atoms with Crippen molar-refractivity contribution >= 4 is 10.0 Å². The summed E-state index contributed by atoms with van der Waals surface area (Å²) in [6.45, 7) is 11.6. The molecule has 0 fully saturated rings. The molecule has 5 nitrogen and oxygen atoms in total. The Bertz CT molecular complexity index is 795. The molecule has 0 aliphatic heterocycles. The number of rotatable bonds is 8. The molecule has 0 aliphatic rings. The van der Waals surface area contributed by atoms with Crippen LogP contribution < -0.4 is 0 Å². The van der Waals surface area contributed by atoms with Gasteiger partial charge >= 0.3 is 0 Å². The normalized spacial score (nSPS) is 13.4. The third kappa shape index (κ3) is 4.30. The van der Waals surface area contributed by atoms with Crippen LogP contribution in [0.5, 0.6) is 0 Å². The van der Waals surface area contributed by atoms with Gasteiger partial charge in [0, 0.05) is 31.4 Å². The monoisotopic (exact) mass is 363 g/mol. The fourth-order valence-corrected chi connectivity index (χ4v) is 4.21. The predicted octanol–water partition coefficient (Wildman–Crippen LogP) is 3.94. The Morgan fingerprint density at radius 2 is 1.80 bits per heavy atom. The summed E-state index contributed by atoms with van der Waals surface area (Å²) in [4.78, 5) is 0.349. The number of hydrogen-bond acceptors (Lipinski definition) is 3. The predicted molar refractivity (Wildman–Crippen MR) is 101 cm³/mol. The molecule has 0 amide bonds. The Morgan fingerprint density at radius 1 is 1.16 bits per heavy atom. The Hall–Kier alpha value is -1.66. The minimum atomic E-state index is -3.52. The van der Waals surface area contributed by atoms with E-state index in [-0.39, 0.29) is 0 Å². The first kappa shape index (κ1) is 19.7. The summed E-state index contributed by atoms with van der Waals surface area (Å²) in [5.41, 5.74) is 3.00. The number of nitrogens with zero attached hydrogens (tertiary/aromatic N) is 3. The summed E-state index contributed by atoms with van der Waals surface area (Å²) >= 11 is 0. The SMILES string of the molecule is CCC(C)c1ccc(S(=O)(=O)N(CC)Cc2cn(CC)nc2C)cc1. The van der Waals surface area contributed by atoms with E-state index in [9.17, 15) is 8.42 Å². The van der Waals surface area contributed by atoms with Crippen LogP contribution in [0.2, 0.25) is 0 Å². The molecule has 0 bridgehead atoms. The number of hydrogen-bond donors (Lipinski definition) is 0. The van der Waals surface area contributed by atoms with Gasteiger partial charge in [-0.05, 0) is 43.9 Å². The molecule has 6 heteroatoms. The van der Waals surface area contributed by atoms with E-state index in [0.717, 1.165) is 24.2 Å². The molecule has 2 rings (SSSR count). The van der Waals surface area contributed by atoms with E-state index in [2.05, 4.69) is 18.9 Å². The Balaban J connectivity index is 2.27. The Kier molecular flexibility index (Phi) is 6.41. The summed E-state index contributed by atoms with van der Waals surface area (Å²) in [6.07, 6.45) is 2.97. The fraction of sp³-hybridized carbons (Fsp3) is 0.526. The summed E-state index contributed by atoms with van der Waals surface area (Å²) in [6, 6.07) is 7.30. The van der Waals surface area contributed by atoms with Gasteiger partial charge in [-0.1, -0.05) is 32.9 Å². The first-order valence-electron chi connectivity index (χ1n) is 8.96. The number of sulfonamides is 1. The van der Waals surface area contributed by atoms with Crippen LogP contribution in [-0.2, 0) is 23.1 Å². The molecule has 0 radical (unpaired) electrons.